The van der Waals surface area contributed by atoms with Crippen molar-refractivity contribution in [3.63, 3.8) is 0 Å². The van der Waals surface area contributed by atoms with Crippen LogP contribution in [0.4, 0.5) is 0 Å². The minimum Gasteiger partial charge on any atom is -0.233 e. The molecule has 0 spiro atoms. The van der Waals surface area contributed by atoms with Crippen molar-refractivity contribution >= 4 is 5.94 Å². The van der Waals surface area contributed by atoms with E-state index < -0.39 is 0 Å². The lowest BCUT2D eigenvalue weighted by atomic mass is 9.47. The minimum absolute atomic E-state index is 0.382. The van der Waals surface area contributed by atoms with E-state index >= 15 is 0 Å². The summed E-state index contributed by atoms with van der Waals surface area (Å²) in [6.07, 6.45) is 14.2. The SMILES string of the molecule is C[C@@]12CCC[C@H]1[C@@H]1CCC3=CC(=C=O)CC[C@]3(C)[C@H]1CC2. The predicted octanol–water partition coefficient (Wildman–Crippen LogP) is 5.10. The monoisotopic (exact) mass is 284 g/mol. The summed E-state index contributed by atoms with van der Waals surface area (Å²) < 4.78 is 0. The molecule has 4 rings (SSSR count). The third kappa shape index (κ3) is 1.86. The maximum absolute atomic E-state index is 11.0. The summed E-state index contributed by atoms with van der Waals surface area (Å²) in [7, 11) is 0. The Labute approximate surface area is 128 Å². The fourth-order valence-corrected chi connectivity index (χ4v) is 6.66. The Bertz CT molecular complexity index is 538. The Morgan fingerprint density at radius 2 is 1.90 bits per heavy atom. The van der Waals surface area contributed by atoms with Crippen molar-refractivity contribution < 1.29 is 4.79 Å². The van der Waals surface area contributed by atoms with Crippen molar-refractivity contribution in [2.24, 2.45) is 28.6 Å². The van der Waals surface area contributed by atoms with Gasteiger partial charge in [0.2, 0.25) is 0 Å². The molecule has 21 heavy (non-hydrogen) atoms. The first-order valence-corrected chi connectivity index (χ1v) is 9.02. The van der Waals surface area contributed by atoms with Crippen molar-refractivity contribution in [1.29, 1.82) is 0 Å². The first-order valence-electron chi connectivity index (χ1n) is 9.02. The molecule has 114 valence electrons. The van der Waals surface area contributed by atoms with Gasteiger partial charge in [0.05, 0.1) is 0 Å². The molecule has 4 aliphatic carbocycles. The van der Waals surface area contributed by atoms with Crippen molar-refractivity contribution in [2.45, 2.75) is 71.6 Å². The van der Waals surface area contributed by atoms with E-state index in [4.69, 9.17) is 0 Å². The topological polar surface area (TPSA) is 17.1 Å². The summed E-state index contributed by atoms with van der Waals surface area (Å²) in [5.74, 6) is 4.97. The number of rotatable bonds is 0. The van der Waals surface area contributed by atoms with E-state index in [1.54, 1.807) is 5.57 Å². The normalized spacial score (nSPS) is 48.8. The van der Waals surface area contributed by atoms with Crippen LogP contribution in [0.2, 0.25) is 0 Å². The lowest BCUT2D eigenvalue weighted by Gasteiger charge is -2.57. The average molecular weight is 284 g/mol. The summed E-state index contributed by atoms with van der Waals surface area (Å²) in [6, 6.07) is 0. The van der Waals surface area contributed by atoms with Crippen molar-refractivity contribution in [3.05, 3.63) is 17.2 Å². The van der Waals surface area contributed by atoms with Crippen LogP contribution in [0.25, 0.3) is 0 Å². The van der Waals surface area contributed by atoms with Crippen LogP contribution in [0.3, 0.4) is 0 Å². The molecule has 0 saturated heterocycles. The number of fused-ring (bicyclic) bond motifs is 5. The average Bonchev–Trinajstić information content (AvgIpc) is 2.88. The first-order chi connectivity index (χ1) is 10.1. The highest BCUT2D eigenvalue weighted by atomic mass is 16.1. The molecule has 0 bridgehead atoms. The highest BCUT2D eigenvalue weighted by Crippen LogP contribution is 2.65. The number of hydrogen-bond acceptors (Lipinski definition) is 1. The Kier molecular flexibility index (Phi) is 3.02. The molecule has 0 aromatic heterocycles. The summed E-state index contributed by atoms with van der Waals surface area (Å²) in [6.45, 7) is 5.08. The van der Waals surface area contributed by atoms with Crippen LogP contribution < -0.4 is 0 Å². The van der Waals surface area contributed by atoms with Gasteiger partial charge < -0.3 is 0 Å². The molecule has 0 heterocycles. The summed E-state index contributed by atoms with van der Waals surface area (Å²) in [5, 5.41) is 0. The highest BCUT2D eigenvalue weighted by Gasteiger charge is 2.55. The van der Waals surface area contributed by atoms with Gasteiger partial charge in [0.1, 0.15) is 5.94 Å². The molecule has 3 fully saturated rings. The van der Waals surface area contributed by atoms with Gasteiger partial charge in [-0.3, -0.25) is 0 Å². The fourth-order valence-electron chi connectivity index (χ4n) is 6.66. The lowest BCUT2D eigenvalue weighted by Crippen LogP contribution is -2.48. The molecule has 0 aromatic rings. The molecule has 0 aliphatic heterocycles. The lowest BCUT2D eigenvalue weighted by molar-refractivity contribution is -0.0345. The van der Waals surface area contributed by atoms with Crippen molar-refractivity contribution in [1.82, 2.24) is 0 Å². The van der Waals surface area contributed by atoms with E-state index in [0.717, 1.165) is 29.7 Å². The Morgan fingerprint density at radius 3 is 2.71 bits per heavy atom. The molecule has 1 nitrogen and oxygen atoms in total. The highest BCUT2D eigenvalue weighted by molar-refractivity contribution is 5.59. The minimum atomic E-state index is 0.382. The quantitative estimate of drug-likeness (QED) is 0.566. The molecule has 0 unspecified atom stereocenters. The van der Waals surface area contributed by atoms with Crippen LogP contribution in [0.15, 0.2) is 17.2 Å². The molecule has 0 aromatic carbocycles. The van der Waals surface area contributed by atoms with Gasteiger partial charge >= 0.3 is 0 Å². The second-order valence-corrected chi connectivity index (χ2v) is 8.71. The zero-order valence-corrected chi connectivity index (χ0v) is 13.6. The summed E-state index contributed by atoms with van der Waals surface area (Å²) >= 11 is 0. The van der Waals surface area contributed by atoms with Crippen LogP contribution in [0.5, 0.6) is 0 Å². The molecule has 5 atom stereocenters. The van der Waals surface area contributed by atoms with E-state index in [2.05, 4.69) is 25.9 Å². The largest absolute Gasteiger partial charge is 0.233 e. The van der Waals surface area contributed by atoms with Gasteiger partial charge in [-0.2, -0.15) is 0 Å². The molecule has 3 saturated carbocycles. The van der Waals surface area contributed by atoms with Crippen LogP contribution in [-0.4, -0.2) is 5.94 Å². The Hall–Kier alpha value is -0.810. The van der Waals surface area contributed by atoms with Crippen LogP contribution >= 0.6 is 0 Å². The van der Waals surface area contributed by atoms with Crippen molar-refractivity contribution in [2.75, 3.05) is 0 Å². The maximum atomic E-state index is 11.0. The third-order valence-electron chi connectivity index (χ3n) is 7.91. The van der Waals surface area contributed by atoms with Gasteiger partial charge in [-0.05, 0) is 86.0 Å². The smallest absolute Gasteiger partial charge is 0.127 e. The standard InChI is InChI=1S/C20H28O/c1-19-9-3-4-17(19)16-6-5-15-12-14(13-21)7-11-20(15,2)18(16)8-10-19/h12,16-18H,3-11H2,1-2H3/t16-,17-,18-,19-,20-/m0/s1. The first kappa shape index (κ1) is 13.8. The van der Waals surface area contributed by atoms with Crippen LogP contribution in [0.1, 0.15) is 71.6 Å². The van der Waals surface area contributed by atoms with Gasteiger partial charge in [-0.15, -0.1) is 0 Å². The molecule has 0 amide bonds. The predicted molar refractivity (Wildman–Crippen MR) is 85.5 cm³/mol. The molecule has 4 aliphatic rings. The third-order valence-corrected chi connectivity index (χ3v) is 7.91. The number of allylic oxidation sites excluding steroid dienone is 3. The van der Waals surface area contributed by atoms with Gasteiger partial charge in [0, 0.05) is 5.57 Å². The number of hydrogen-bond donors (Lipinski definition) is 0. The molecule has 0 radical (unpaired) electrons. The molecule has 0 N–H and O–H groups in total. The zero-order valence-electron chi connectivity index (χ0n) is 13.6. The van der Waals surface area contributed by atoms with Gasteiger partial charge in [0.25, 0.3) is 0 Å². The molecular weight excluding hydrogens is 256 g/mol. The molecule has 1 heteroatoms. The van der Waals surface area contributed by atoms with E-state index in [1.165, 1.54) is 51.4 Å². The molecular formula is C20H28O. The number of carbonyl (C=O) groups excluding carboxylic acids is 1. The van der Waals surface area contributed by atoms with Gasteiger partial charge in [-0.1, -0.05) is 25.8 Å². The van der Waals surface area contributed by atoms with E-state index in [9.17, 15) is 4.79 Å². The Balaban J connectivity index is 1.69. The fraction of sp³-hybridized carbons (Fsp3) is 0.800. The van der Waals surface area contributed by atoms with Crippen LogP contribution in [0, 0.1) is 28.6 Å². The summed E-state index contributed by atoms with van der Waals surface area (Å²) in [4.78, 5) is 11.0. The van der Waals surface area contributed by atoms with E-state index in [1.807, 2.05) is 0 Å². The van der Waals surface area contributed by atoms with Gasteiger partial charge in [0.15, 0.2) is 0 Å². The second kappa shape index (κ2) is 4.59. The maximum Gasteiger partial charge on any atom is 0.127 e. The van der Waals surface area contributed by atoms with Crippen molar-refractivity contribution in [3.8, 4) is 0 Å². The zero-order chi connectivity index (χ0) is 14.7. The van der Waals surface area contributed by atoms with Gasteiger partial charge in [-0.25, -0.2) is 4.79 Å². The second-order valence-electron chi connectivity index (χ2n) is 8.71. The van der Waals surface area contributed by atoms with Crippen LogP contribution in [-0.2, 0) is 4.79 Å². The van der Waals surface area contributed by atoms with E-state index in [-0.39, 0.29) is 0 Å². The summed E-state index contributed by atoms with van der Waals surface area (Å²) in [5.41, 5.74) is 3.53. The Morgan fingerprint density at radius 1 is 1.05 bits per heavy atom. The van der Waals surface area contributed by atoms with E-state index in [0.29, 0.717) is 10.8 Å².